The molecule has 4 fully saturated rings. The van der Waals surface area contributed by atoms with Crippen LogP contribution in [-0.4, -0.2) is 33.7 Å². The Morgan fingerprint density at radius 1 is 1.31 bits per heavy atom. The third-order valence-electron chi connectivity index (χ3n) is 9.85. The lowest BCUT2D eigenvalue weighted by atomic mass is 9.55. The Balaban J connectivity index is 1.56. The minimum Gasteiger partial charge on any atom is -0.393 e. The van der Waals surface area contributed by atoms with Gasteiger partial charge in [-0.05, 0) is 63.4 Å². The van der Waals surface area contributed by atoms with Gasteiger partial charge in [-0.3, -0.25) is 9.78 Å². The van der Waals surface area contributed by atoms with Crippen molar-refractivity contribution in [3.63, 3.8) is 0 Å². The molecule has 3 saturated carbocycles. The summed E-state index contributed by atoms with van der Waals surface area (Å²) < 4.78 is 13.2. The van der Waals surface area contributed by atoms with Gasteiger partial charge in [0.05, 0.1) is 24.7 Å². The van der Waals surface area contributed by atoms with Crippen molar-refractivity contribution in [1.82, 2.24) is 4.98 Å². The molecule has 0 radical (unpaired) electrons. The summed E-state index contributed by atoms with van der Waals surface area (Å²) in [4.78, 5) is 18.0. The number of fused-ring (bicyclic) bond motifs is 5. The number of Topliss-reactive ketones (excluding diaryl/α,β-unsaturated/α-hetero) is 1. The molecular formula is C30H38N2O4. The smallest absolute Gasteiger partial charge is 0.187 e. The molecule has 6 heteroatoms. The topological polar surface area (TPSA) is 92.4 Å². The van der Waals surface area contributed by atoms with Crippen LogP contribution < -0.4 is 0 Å². The van der Waals surface area contributed by atoms with Crippen molar-refractivity contribution >= 4 is 5.78 Å². The highest BCUT2D eigenvalue weighted by Crippen LogP contribution is 2.68. The van der Waals surface area contributed by atoms with E-state index < -0.39 is 29.5 Å². The molecule has 0 spiro atoms. The zero-order valence-electron chi connectivity index (χ0n) is 21.7. The summed E-state index contributed by atoms with van der Waals surface area (Å²) in [5.41, 5.74) is -1.22. The largest absolute Gasteiger partial charge is 0.393 e. The summed E-state index contributed by atoms with van der Waals surface area (Å²) in [5.74, 6) is 7.21. The van der Waals surface area contributed by atoms with E-state index in [0.29, 0.717) is 19.3 Å². The highest BCUT2D eigenvalue weighted by molar-refractivity contribution is 5.91. The number of hydrogen-bond donors (Lipinski definition) is 1. The van der Waals surface area contributed by atoms with Crippen LogP contribution in [0.3, 0.4) is 0 Å². The van der Waals surface area contributed by atoms with Crippen molar-refractivity contribution in [2.45, 2.75) is 103 Å². The van der Waals surface area contributed by atoms with Crippen molar-refractivity contribution in [3.8, 4) is 17.9 Å². The molecule has 2 unspecified atom stereocenters. The minimum absolute atomic E-state index is 0.0542. The summed E-state index contributed by atoms with van der Waals surface area (Å²) in [6.45, 7) is 6.53. The maximum Gasteiger partial charge on any atom is 0.187 e. The number of ether oxygens (including phenoxy) is 2. The molecule has 0 bridgehead atoms. The molecule has 2 heterocycles. The van der Waals surface area contributed by atoms with E-state index in [1.807, 2.05) is 12.1 Å². The van der Waals surface area contributed by atoms with Gasteiger partial charge < -0.3 is 14.6 Å². The van der Waals surface area contributed by atoms with Crippen molar-refractivity contribution in [2.24, 2.45) is 28.6 Å². The number of nitrogens with zero attached hydrogens (tertiary/aromatic N) is 2. The van der Waals surface area contributed by atoms with Crippen LogP contribution in [0.15, 0.2) is 24.5 Å². The fourth-order valence-corrected chi connectivity index (χ4v) is 8.30. The van der Waals surface area contributed by atoms with Crippen molar-refractivity contribution in [1.29, 1.82) is 5.26 Å². The summed E-state index contributed by atoms with van der Waals surface area (Å²) >= 11 is 0. The van der Waals surface area contributed by atoms with Crippen LogP contribution in [0.5, 0.6) is 0 Å². The molecule has 1 aromatic rings. The number of ketones is 1. The number of aliphatic hydroxyl groups excluding tert-OH is 1. The molecule has 9 atom stereocenters. The van der Waals surface area contributed by atoms with Crippen LogP contribution in [-0.2, 0) is 14.3 Å². The molecule has 4 aliphatic rings. The van der Waals surface area contributed by atoms with Crippen molar-refractivity contribution < 1.29 is 19.4 Å². The normalized spacial score (nSPS) is 43.2. The third-order valence-corrected chi connectivity index (χ3v) is 9.85. The first kappa shape index (κ1) is 25.4. The summed E-state index contributed by atoms with van der Waals surface area (Å²) in [6, 6.07) is 5.81. The molecule has 192 valence electrons. The molecule has 1 saturated heterocycles. The molecule has 1 aromatic heterocycles. The quantitative estimate of drug-likeness (QED) is 0.589. The number of nitriles is 1. The van der Waals surface area contributed by atoms with Gasteiger partial charge in [0.1, 0.15) is 0 Å². The second kappa shape index (κ2) is 9.56. The zero-order chi connectivity index (χ0) is 25.6. The second-order valence-corrected chi connectivity index (χ2v) is 11.8. The van der Waals surface area contributed by atoms with Gasteiger partial charge in [0.2, 0.25) is 0 Å². The second-order valence-electron chi connectivity index (χ2n) is 11.8. The maximum absolute atomic E-state index is 13.8. The number of carbonyl (C=O) groups is 1. The summed E-state index contributed by atoms with van der Waals surface area (Å²) in [6.07, 6.45) is 8.50. The molecule has 3 aliphatic carbocycles. The minimum atomic E-state index is -1.20. The van der Waals surface area contributed by atoms with E-state index in [1.54, 1.807) is 12.4 Å². The van der Waals surface area contributed by atoms with Gasteiger partial charge in [-0.2, -0.15) is 5.26 Å². The van der Waals surface area contributed by atoms with Gasteiger partial charge in [-0.25, -0.2) is 0 Å². The lowest BCUT2D eigenvalue weighted by Gasteiger charge is -2.50. The first-order valence-electron chi connectivity index (χ1n) is 13.6. The van der Waals surface area contributed by atoms with Gasteiger partial charge in [0, 0.05) is 41.1 Å². The van der Waals surface area contributed by atoms with E-state index in [1.165, 1.54) is 0 Å². The molecule has 1 aliphatic heterocycles. The predicted molar refractivity (Wildman–Crippen MR) is 134 cm³/mol. The Morgan fingerprint density at radius 3 is 2.86 bits per heavy atom. The molecule has 36 heavy (non-hydrogen) atoms. The number of aromatic nitrogens is 1. The Morgan fingerprint density at radius 2 is 2.14 bits per heavy atom. The van der Waals surface area contributed by atoms with Gasteiger partial charge in [0.15, 0.2) is 17.7 Å². The molecule has 1 N–H and O–H groups in total. The van der Waals surface area contributed by atoms with Crippen LogP contribution in [0.1, 0.15) is 90.4 Å². The third kappa shape index (κ3) is 3.73. The molecular weight excluding hydrogens is 452 g/mol. The van der Waals surface area contributed by atoms with Gasteiger partial charge in [0.25, 0.3) is 0 Å². The SMILES string of the molecule is CCCC#C[C@@]1(C)CCC[C@@H]2[C@@H]1C(O)CC[C@@]1(C)[C@H]2C[C@H]2OC(c3cccnc3)O[C@]21C(=O)CC#N. The van der Waals surface area contributed by atoms with Crippen molar-refractivity contribution in [2.75, 3.05) is 0 Å². The zero-order valence-corrected chi connectivity index (χ0v) is 21.7. The Bertz CT molecular complexity index is 1090. The summed E-state index contributed by atoms with van der Waals surface area (Å²) in [7, 11) is 0. The summed E-state index contributed by atoms with van der Waals surface area (Å²) in [5, 5.41) is 21.1. The van der Waals surface area contributed by atoms with Crippen molar-refractivity contribution in [3.05, 3.63) is 30.1 Å². The lowest BCUT2D eigenvalue weighted by Crippen LogP contribution is -2.56. The van der Waals surface area contributed by atoms with Gasteiger partial charge in [-0.15, -0.1) is 5.92 Å². The standard InChI is InChI=1S/C30H38N2O4/c1-4-5-6-13-28(2)14-7-10-21-22-18-25-30(24(34)12-16-31,29(22,3)15-11-23(33)26(21)28)36-27(35-25)20-9-8-17-32-19-20/h8-9,17,19,21-23,25-27,33H,4-5,7,10-12,14-15,18H2,1-3H3/t21-,22-,23?,25+,26+,27?,28-,29-,30+/m0/s1. The van der Waals surface area contributed by atoms with E-state index in [0.717, 1.165) is 37.7 Å². The first-order valence-corrected chi connectivity index (χ1v) is 13.6. The van der Waals surface area contributed by atoms with Crippen LogP contribution >= 0.6 is 0 Å². The number of rotatable bonds is 4. The highest BCUT2D eigenvalue weighted by Gasteiger charge is 2.74. The fraction of sp³-hybridized carbons (Fsp3) is 0.700. The number of aliphatic hydroxyl groups is 1. The van der Waals surface area contributed by atoms with Crippen LogP contribution in [0.4, 0.5) is 0 Å². The number of pyridine rings is 1. The number of carbonyl (C=O) groups excluding carboxylic acids is 1. The highest BCUT2D eigenvalue weighted by atomic mass is 16.7. The fourth-order valence-electron chi connectivity index (χ4n) is 8.30. The van der Waals surface area contributed by atoms with E-state index in [4.69, 9.17) is 9.47 Å². The monoisotopic (exact) mass is 490 g/mol. The van der Waals surface area contributed by atoms with Crippen LogP contribution in [0.25, 0.3) is 0 Å². The van der Waals surface area contributed by atoms with Crippen LogP contribution in [0.2, 0.25) is 0 Å². The maximum atomic E-state index is 13.8. The van der Waals surface area contributed by atoms with E-state index in [9.17, 15) is 15.2 Å². The van der Waals surface area contributed by atoms with E-state index >= 15 is 0 Å². The number of unbranched alkanes of at least 4 members (excludes halogenated alkanes) is 1. The van der Waals surface area contributed by atoms with E-state index in [-0.39, 0.29) is 35.4 Å². The average molecular weight is 491 g/mol. The predicted octanol–water partition coefficient (Wildman–Crippen LogP) is 5.12. The first-order chi connectivity index (χ1) is 17.3. The molecule has 6 nitrogen and oxygen atoms in total. The Hall–Kier alpha value is -2.25. The average Bonchev–Trinajstić information content (AvgIpc) is 3.33. The molecule has 0 amide bonds. The number of hydrogen-bond acceptors (Lipinski definition) is 6. The Kier molecular flexibility index (Phi) is 6.75. The van der Waals surface area contributed by atoms with Gasteiger partial charge in [-0.1, -0.05) is 32.3 Å². The van der Waals surface area contributed by atoms with Crippen LogP contribution in [0, 0.1) is 51.8 Å². The Labute approximate surface area is 214 Å². The van der Waals surface area contributed by atoms with E-state index in [2.05, 4.69) is 43.7 Å². The molecule has 5 rings (SSSR count). The van der Waals surface area contributed by atoms with Gasteiger partial charge >= 0.3 is 0 Å². The molecule has 0 aromatic carbocycles. The lowest BCUT2D eigenvalue weighted by molar-refractivity contribution is -0.174.